The first kappa shape index (κ1) is 22.8. The van der Waals surface area contributed by atoms with Crippen molar-refractivity contribution in [3.63, 3.8) is 0 Å². The maximum Gasteiger partial charge on any atom is 0.235 e. The van der Waals surface area contributed by atoms with Crippen molar-refractivity contribution in [3.8, 4) is 5.75 Å². The van der Waals surface area contributed by atoms with Crippen LogP contribution in [0.4, 0.5) is 10.8 Å². The number of thiazole rings is 1. The van der Waals surface area contributed by atoms with Crippen LogP contribution in [0.3, 0.4) is 0 Å². The van der Waals surface area contributed by atoms with E-state index < -0.39 is 11.8 Å². The summed E-state index contributed by atoms with van der Waals surface area (Å²) in [5, 5.41) is 6.72. The molecule has 162 valence electrons. The molecule has 9 heteroatoms. The van der Waals surface area contributed by atoms with Gasteiger partial charge in [-0.25, -0.2) is 9.97 Å². The number of hydrogen-bond donors (Lipinski definition) is 2. The fraction of sp³-hybridized carbons (Fsp3) is 0.273. The van der Waals surface area contributed by atoms with Gasteiger partial charge in [0.25, 0.3) is 0 Å². The summed E-state index contributed by atoms with van der Waals surface area (Å²) in [5.41, 5.74) is 1.57. The van der Waals surface area contributed by atoms with Gasteiger partial charge >= 0.3 is 0 Å². The second-order valence-electron chi connectivity index (χ2n) is 7.23. The average Bonchev–Trinajstić information content (AvgIpc) is 3.15. The smallest absolute Gasteiger partial charge is 0.235 e. The Balaban J connectivity index is 1.54. The normalized spacial score (nSPS) is 10.7. The molecule has 0 saturated carbocycles. The predicted octanol–water partition coefficient (Wildman–Crippen LogP) is 5.00. The molecule has 3 aromatic rings. The minimum Gasteiger partial charge on any atom is -0.491 e. The van der Waals surface area contributed by atoms with Crippen molar-refractivity contribution in [1.82, 2.24) is 9.97 Å². The summed E-state index contributed by atoms with van der Waals surface area (Å²) in [5.74, 6) is 0.0980. The molecular formula is C22H24N4O3S2. The molecule has 0 radical (unpaired) electrons. The molecule has 2 amide bonds. The molecule has 7 nitrogen and oxygen atoms in total. The molecule has 0 aliphatic rings. The van der Waals surface area contributed by atoms with Gasteiger partial charge < -0.3 is 15.4 Å². The maximum absolute atomic E-state index is 12.4. The summed E-state index contributed by atoms with van der Waals surface area (Å²) in [6.45, 7) is 6.60. The van der Waals surface area contributed by atoms with E-state index in [-0.39, 0.29) is 6.42 Å². The molecule has 0 bridgehead atoms. The molecule has 0 unspecified atom stereocenters. The molecule has 0 saturated heterocycles. The quantitative estimate of drug-likeness (QED) is 0.440. The first-order valence-electron chi connectivity index (χ1n) is 9.77. The van der Waals surface area contributed by atoms with E-state index in [1.54, 1.807) is 18.5 Å². The number of benzene rings is 1. The first-order valence-corrected chi connectivity index (χ1v) is 11.4. The number of aromatic nitrogens is 2. The van der Waals surface area contributed by atoms with Crippen LogP contribution in [0.15, 0.2) is 58.0 Å². The van der Waals surface area contributed by atoms with Crippen LogP contribution in [0.2, 0.25) is 0 Å². The Kier molecular flexibility index (Phi) is 8.02. The van der Waals surface area contributed by atoms with Crippen LogP contribution in [0.5, 0.6) is 5.75 Å². The highest BCUT2D eigenvalue weighted by Gasteiger charge is 2.15. The van der Waals surface area contributed by atoms with Gasteiger partial charge in [-0.15, -0.1) is 0 Å². The van der Waals surface area contributed by atoms with Crippen molar-refractivity contribution < 1.29 is 14.3 Å². The topological polar surface area (TPSA) is 93.2 Å². The first-order chi connectivity index (χ1) is 14.9. The fourth-order valence-electron chi connectivity index (χ4n) is 2.49. The highest BCUT2D eigenvalue weighted by Crippen LogP contribution is 2.32. The van der Waals surface area contributed by atoms with E-state index in [0.29, 0.717) is 29.1 Å². The highest BCUT2D eigenvalue weighted by atomic mass is 32.2. The van der Waals surface area contributed by atoms with Gasteiger partial charge in [0, 0.05) is 6.20 Å². The number of pyridine rings is 1. The van der Waals surface area contributed by atoms with Crippen LogP contribution < -0.4 is 15.4 Å². The molecule has 0 aliphatic heterocycles. The Bertz CT molecular complexity index is 1040. The van der Waals surface area contributed by atoms with Crippen LogP contribution in [-0.2, 0) is 9.59 Å². The molecule has 0 atom stereocenters. The maximum atomic E-state index is 12.4. The average molecular weight is 457 g/mol. The lowest BCUT2D eigenvalue weighted by Gasteiger charge is -2.14. The van der Waals surface area contributed by atoms with Crippen molar-refractivity contribution in [2.45, 2.75) is 36.4 Å². The van der Waals surface area contributed by atoms with Crippen molar-refractivity contribution >= 4 is 45.7 Å². The largest absolute Gasteiger partial charge is 0.491 e. The number of ether oxygens (including phenoxy) is 1. The van der Waals surface area contributed by atoms with E-state index in [4.69, 9.17) is 4.74 Å². The number of carbonyl (C=O) groups excluding carboxylic acids is 2. The van der Waals surface area contributed by atoms with Gasteiger partial charge in [-0.3, -0.25) is 9.59 Å². The Hall–Kier alpha value is -2.91. The molecule has 2 N–H and O–H groups in total. The summed E-state index contributed by atoms with van der Waals surface area (Å²) in [7, 11) is 0. The number of carbonyl (C=O) groups is 2. The zero-order valence-corrected chi connectivity index (χ0v) is 19.2. The third-order valence-electron chi connectivity index (χ3n) is 3.88. The molecule has 0 spiro atoms. The second kappa shape index (κ2) is 10.9. The molecule has 3 rings (SSSR count). The van der Waals surface area contributed by atoms with Crippen LogP contribution in [-0.4, -0.2) is 28.4 Å². The van der Waals surface area contributed by atoms with E-state index in [1.165, 1.54) is 23.1 Å². The van der Waals surface area contributed by atoms with Gasteiger partial charge in [0.15, 0.2) is 5.13 Å². The molecule has 31 heavy (non-hydrogen) atoms. The van der Waals surface area contributed by atoms with Crippen molar-refractivity contribution in [3.05, 3.63) is 54.4 Å². The van der Waals surface area contributed by atoms with Gasteiger partial charge in [-0.2, -0.15) is 0 Å². The number of hydrogen-bond acceptors (Lipinski definition) is 7. The van der Waals surface area contributed by atoms with Gasteiger partial charge in [0.05, 0.1) is 22.7 Å². The molecule has 1 aromatic carbocycles. The van der Waals surface area contributed by atoms with E-state index in [2.05, 4.69) is 34.4 Å². The highest BCUT2D eigenvalue weighted by molar-refractivity contribution is 8.01. The third-order valence-corrected chi connectivity index (χ3v) is 5.84. The SMILES string of the molecule is Cc1ccc(NC(=O)CC(=O)Nc2ncc(Sc3ccccn3)s2)c(OCC(C)C)c1. The molecule has 2 heterocycles. The van der Waals surface area contributed by atoms with E-state index in [9.17, 15) is 9.59 Å². The van der Waals surface area contributed by atoms with E-state index >= 15 is 0 Å². The van der Waals surface area contributed by atoms with Crippen LogP contribution in [0, 0.1) is 12.8 Å². The van der Waals surface area contributed by atoms with Crippen molar-refractivity contribution in [2.24, 2.45) is 5.92 Å². The predicted molar refractivity (Wildman–Crippen MR) is 124 cm³/mol. The Morgan fingerprint density at radius 1 is 1.13 bits per heavy atom. The molecular weight excluding hydrogens is 432 g/mol. The lowest BCUT2D eigenvalue weighted by Crippen LogP contribution is -2.21. The third kappa shape index (κ3) is 7.37. The summed E-state index contributed by atoms with van der Waals surface area (Å²) < 4.78 is 6.70. The monoisotopic (exact) mass is 456 g/mol. The number of amides is 2. The lowest BCUT2D eigenvalue weighted by atomic mass is 10.2. The van der Waals surface area contributed by atoms with Crippen LogP contribution in [0.1, 0.15) is 25.8 Å². The summed E-state index contributed by atoms with van der Waals surface area (Å²) >= 11 is 2.79. The van der Waals surface area contributed by atoms with Crippen LogP contribution in [0.25, 0.3) is 0 Å². The number of nitrogens with one attached hydrogen (secondary N) is 2. The van der Waals surface area contributed by atoms with E-state index in [1.807, 2.05) is 37.3 Å². The van der Waals surface area contributed by atoms with Gasteiger partial charge in [-0.1, -0.05) is 49.1 Å². The molecule has 0 fully saturated rings. The lowest BCUT2D eigenvalue weighted by molar-refractivity contribution is -0.123. The summed E-state index contributed by atoms with van der Waals surface area (Å²) in [6.07, 6.45) is 3.07. The Morgan fingerprint density at radius 3 is 2.68 bits per heavy atom. The number of nitrogens with zero attached hydrogens (tertiary/aromatic N) is 2. The van der Waals surface area contributed by atoms with Crippen molar-refractivity contribution in [1.29, 1.82) is 0 Å². The Labute approximate surface area is 189 Å². The number of rotatable bonds is 9. The van der Waals surface area contributed by atoms with Gasteiger partial charge in [0.2, 0.25) is 11.8 Å². The van der Waals surface area contributed by atoms with Gasteiger partial charge in [0.1, 0.15) is 17.2 Å². The van der Waals surface area contributed by atoms with Gasteiger partial charge in [-0.05, 0) is 42.7 Å². The van der Waals surface area contributed by atoms with Crippen molar-refractivity contribution in [2.75, 3.05) is 17.2 Å². The molecule has 2 aromatic heterocycles. The fourth-order valence-corrected chi connectivity index (χ4v) is 4.28. The Morgan fingerprint density at radius 2 is 1.94 bits per heavy atom. The minimum atomic E-state index is -0.432. The summed E-state index contributed by atoms with van der Waals surface area (Å²) in [4.78, 5) is 33.1. The number of aryl methyl sites for hydroxylation is 1. The van der Waals surface area contributed by atoms with E-state index in [0.717, 1.165) is 14.8 Å². The zero-order chi connectivity index (χ0) is 22.2. The standard InChI is InChI=1S/C22H24N4O3S2/c1-14(2)13-29-17-10-15(3)7-8-16(17)25-18(27)11-19(28)26-22-24-12-21(31-22)30-20-6-4-5-9-23-20/h4-10,12,14H,11,13H2,1-3H3,(H,25,27)(H,24,26,28). The second-order valence-corrected chi connectivity index (χ2v) is 9.58. The zero-order valence-electron chi connectivity index (χ0n) is 17.5. The minimum absolute atomic E-state index is 0.320. The molecule has 0 aliphatic carbocycles. The number of anilines is 2. The van der Waals surface area contributed by atoms with Crippen LogP contribution >= 0.6 is 23.1 Å². The summed E-state index contributed by atoms with van der Waals surface area (Å²) in [6, 6.07) is 11.2.